The summed E-state index contributed by atoms with van der Waals surface area (Å²) in [6, 6.07) is 3.06. The van der Waals surface area contributed by atoms with Gasteiger partial charge in [-0.2, -0.15) is 0 Å². The van der Waals surface area contributed by atoms with Gasteiger partial charge in [-0.15, -0.1) is 4.57 Å². The van der Waals surface area contributed by atoms with Gasteiger partial charge in [0.25, 0.3) is 5.91 Å². The Labute approximate surface area is 149 Å². The Morgan fingerprint density at radius 2 is 1.83 bits per heavy atom. The van der Waals surface area contributed by atoms with Gasteiger partial charge >= 0.3 is 11.9 Å². The van der Waals surface area contributed by atoms with Crippen LogP contribution in [0.2, 0.25) is 0 Å². The van der Waals surface area contributed by atoms with E-state index >= 15 is 0 Å². The second kappa shape index (κ2) is 12.3. The molecule has 8 nitrogen and oxygen atoms in total. The highest BCUT2D eigenvalue weighted by Crippen LogP contribution is 1.92. The minimum Gasteiger partial charge on any atom is -1.00 e. The minimum atomic E-state index is -0.612. The number of rotatable bonds is 10. The van der Waals surface area contributed by atoms with Crippen molar-refractivity contribution in [1.29, 1.82) is 0 Å². The zero-order chi connectivity index (χ0) is 17.1. The Morgan fingerprint density at radius 3 is 2.50 bits per heavy atom. The summed E-state index contributed by atoms with van der Waals surface area (Å²) in [4.78, 5) is 33.6. The smallest absolute Gasteiger partial charge is 0.417 e. The van der Waals surface area contributed by atoms with Gasteiger partial charge in [-0.25, -0.2) is 9.59 Å². The Morgan fingerprint density at radius 1 is 1.17 bits per heavy atom. The van der Waals surface area contributed by atoms with Crippen LogP contribution in [-0.4, -0.2) is 50.8 Å². The highest BCUT2D eigenvalue weighted by atomic mass is 79.9. The van der Waals surface area contributed by atoms with Gasteiger partial charge in [0.15, 0.2) is 19.0 Å². The van der Waals surface area contributed by atoms with E-state index in [2.05, 4.69) is 6.58 Å². The van der Waals surface area contributed by atoms with Crippen molar-refractivity contribution in [1.82, 2.24) is 0 Å². The molecule has 0 atom stereocenters. The maximum absolute atomic E-state index is 11.8. The molecule has 1 aromatic heterocycles. The summed E-state index contributed by atoms with van der Waals surface area (Å²) in [5.74, 6) is -1.46. The third-order valence-corrected chi connectivity index (χ3v) is 2.61. The fourth-order valence-corrected chi connectivity index (χ4v) is 1.49. The number of esters is 1. The Balaban J connectivity index is 0.00000529. The van der Waals surface area contributed by atoms with Crippen LogP contribution >= 0.6 is 0 Å². The average molecular weight is 403 g/mol. The van der Waals surface area contributed by atoms with E-state index in [1.165, 1.54) is 23.0 Å². The number of pyridine rings is 1. The second-order valence-electron chi connectivity index (χ2n) is 4.29. The molecule has 0 radical (unpaired) electrons. The van der Waals surface area contributed by atoms with Crippen molar-refractivity contribution in [3.63, 3.8) is 0 Å². The maximum atomic E-state index is 11.8. The number of hydrogen-bond acceptors (Lipinski definition) is 6. The van der Waals surface area contributed by atoms with E-state index in [4.69, 9.17) is 19.9 Å². The van der Waals surface area contributed by atoms with Gasteiger partial charge in [-0.05, 0) is 6.07 Å². The number of hydrogen-bond donors (Lipinski definition) is 1. The molecule has 0 aliphatic heterocycles. The minimum absolute atomic E-state index is 0. The maximum Gasteiger partial charge on any atom is 0.417 e. The van der Waals surface area contributed by atoms with Crippen LogP contribution in [-0.2, 0) is 19.0 Å². The monoisotopic (exact) mass is 402 g/mol. The predicted octanol–water partition coefficient (Wildman–Crippen LogP) is -3.52. The van der Waals surface area contributed by atoms with Crippen LogP contribution < -0.4 is 27.3 Å². The van der Waals surface area contributed by atoms with Crippen LogP contribution in [0.1, 0.15) is 15.2 Å². The van der Waals surface area contributed by atoms with Crippen molar-refractivity contribution in [2.75, 3.05) is 33.0 Å². The lowest BCUT2D eigenvalue weighted by Crippen LogP contribution is -3.00. The summed E-state index contributed by atoms with van der Waals surface area (Å²) in [5, 5.41) is 0. The quantitative estimate of drug-likeness (QED) is 0.188. The van der Waals surface area contributed by atoms with E-state index in [-0.39, 0.29) is 61.5 Å². The molecule has 0 fully saturated rings. The van der Waals surface area contributed by atoms with Gasteiger partial charge in [0.1, 0.15) is 12.2 Å². The first-order valence-electron chi connectivity index (χ1n) is 6.83. The molecule has 0 unspecified atom stereocenters. The van der Waals surface area contributed by atoms with Crippen molar-refractivity contribution in [2.24, 2.45) is 5.73 Å². The lowest BCUT2D eigenvalue weighted by molar-refractivity contribution is -0.575. The molecule has 0 aromatic carbocycles. The third kappa shape index (κ3) is 8.51. The number of nitrogens with zero attached hydrogens (tertiary/aromatic N) is 1. The molecule has 24 heavy (non-hydrogen) atoms. The van der Waals surface area contributed by atoms with E-state index in [9.17, 15) is 14.4 Å². The molecular weight excluding hydrogens is 384 g/mol. The molecule has 1 heterocycles. The number of halogens is 1. The van der Waals surface area contributed by atoms with E-state index in [1.807, 2.05) is 0 Å². The van der Waals surface area contributed by atoms with Gasteiger partial charge in [-0.3, -0.25) is 4.79 Å². The van der Waals surface area contributed by atoms with E-state index < -0.39 is 11.9 Å². The topological polar surface area (TPSA) is 109 Å². The molecule has 9 heteroatoms. The van der Waals surface area contributed by atoms with Gasteiger partial charge in [0, 0.05) is 12.1 Å². The van der Waals surface area contributed by atoms with Crippen molar-refractivity contribution in [3.8, 4) is 0 Å². The summed E-state index contributed by atoms with van der Waals surface area (Å²) >= 11 is 0. The van der Waals surface area contributed by atoms with Crippen LogP contribution in [0.3, 0.4) is 0 Å². The molecule has 0 aliphatic carbocycles. The molecule has 0 saturated heterocycles. The number of nitrogens with two attached hydrogens (primary N) is 1. The van der Waals surface area contributed by atoms with E-state index in [0.717, 1.165) is 6.08 Å². The molecule has 1 amide bonds. The Hall–Kier alpha value is -2.10. The molecule has 0 aliphatic rings. The normalized spacial score (nSPS) is 9.67. The first kappa shape index (κ1) is 21.9. The summed E-state index contributed by atoms with van der Waals surface area (Å²) in [7, 11) is 0. The van der Waals surface area contributed by atoms with Crippen LogP contribution in [0, 0.1) is 0 Å². The van der Waals surface area contributed by atoms with E-state index in [0.29, 0.717) is 0 Å². The largest absolute Gasteiger partial charge is 1.00 e. The van der Waals surface area contributed by atoms with Crippen LogP contribution in [0.4, 0.5) is 0 Å². The van der Waals surface area contributed by atoms with Crippen molar-refractivity contribution in [2.45, 2.75) is 0 Å². The van der Waals surface area contributed by atoms with Gasteiger partial charge in [-0.1, -0.05) is 6.58 Å². The van der Waals surface area contributed by atoms with Crippen LogP contribution in [0.25, 0.3) is 0 Å². The summed E-state index contributed by atoms with van der Waals surface area (Å²) in [6.07, 6.45) is 3.92. The number of amides is 1. The Bertz CT molecular complexity index is 579. The SMILES string of the molecule is C=CC(=O)OCCOCCOCC(=O)[n+]1cccc(C(N)=O)c1.[Br-]. The molecule has 1 rings (SSSR count). The fraction of sp³-hybridized carbons (Fsp3) is 0.333. The van der Waals surface area contributed by atoms with Gasteiger partial charge in [0.05, 0.1) is 19.8 Å². The number of carbonyl (C=O) groups is 3. The summed E-state index contributed by atoms with van der Waals surface area (Å²) < 4.78 is 16.3. The van der Waals surface area contributed by atoms with Gasteiger partial charge < -0.3 is 36.9 Å². The summed E-state index contributed by atoms with van der Waals surface area (Å²) in [5.41, 5.74) is 5.38. The highest BCUT2D eigenvalue weighted by Gasteiger charge is 2.16. The lowest BCUT2D eigenvalue weighted by atomic mass is 10.3. The van der Waals surface area contributed by atoms with E-state index in [1.54, 1.807) is 6.07 Å². The zero-order valence-electron chi connectivity index (χ0n) is 13.0. The molecule has 132 valence electrons. The standard InChI is InChI=1S/C15H18N2O6.BrH/c1-2-14(19)23-9-8-21-6-7-22-11-13(18)17-5-3-4-12(10-17)15(16)20;/h2-5,10H,1,6-9,11H2,(H-,16,20);1H. The molecule has 2 N–H and O–H groups in total. The predicted molar refractivity (Wildman–Crippen MR) is 78.6 cm³/mol. The average Bonchev–Trinajstić information content (AvgIpc) is 2.56. The second-order valence-corrected chi connectivity index (χ2v) is 4.29. The third-order valence-electron chi connectivity index (χ3n) is 2.61. The number of primary amides is 1. The first-order chi connectivity index (χ1) is 11.0. The molecule has 0 spiro atoms. The van der Waals surface area contributed by atoms with Crippen molar-refractivity contribution >= 4 is 17.8 Å². The lowest BCUT2D eigenvalue weighted by Gasteiger charge is -2.04. The number of aromatic nitrogens is 1. The first-order valence-corrected chi connectivity index (χ1v) is 6.83. The number of ether oxygens (including phenoxy) is 3. The van der Waals surface area contributed by atoms with Gasteiger partial charge in [0.2, 0.25) is 0 Å². The molecule has 1 aromatic rings. The van der Waals surface area contributed by atoms with Crippen molar-refractivity contribution in [3.05, 3.63) is 42.7 Å². The van der Waals surface area contributed by atoms with Crippen LogP contribution in [0.5, 0.6) is 0 Å². The molecule has 0 bridgehead atoms. The number of carbonyl (C=O) groups excluding carboxylic acids is 3. The molecular formula is C15H19BrN2O6. The zero-order valence-corrected chi connectivity index (χ0v) is 14.6. The highest BCUT2D eigenvalue weighted by molar-refractivity contribution is 5.92. The Kier molecular flexibility index (Phi) is 11.3. The fourth-order valence-electron chi connectivity index (χ4n) is 1.49. The van der Waals surface area contributed by atoms with Crippen molar-refractivity contribution < 1.29 is 50.1 Å². The summed E-state index contributed by atoms with van der Waals surface area (Å²) in [6.45, 7) is 3.91. The van der Waals surface area contributed by atoms with Crippen LogP contribution in [0.15, 0.2) is 37.2 Å². The molecule has 0 saturated carbocycles.